The van der Waals surface area contributed by atoms with Crippen LogP contribution in [0.25, 0.3) is 11.0 Å². The van der Waals surface area contributed by atoms with Gasteiger partial charge in [0.15, 0.2) is 11.5 Å². The normalized spacial score (nSPS) is 17.8. The highest BCUT2D eigenvalue weighted by Crippen LogP contribution is 2.22. The van der Waals surface area contributed by atoms with Crippen LogP contribution < -0.4 is 11.1 Å². The number of nitrogens with zero attached hydrogens (tertiary/aromatic N) is 4. The van der Waals surface area contributed by atoms with Gasteiger partial charge in [0.05, 0.1) is 11.0 Å². The second-order valence-electron chi connectivity index (χ2n) is 7.31. The van der Waals surface area contributed by atoms with Gasteiger partial charge in [0.2, 0.25) is 0 Å². The molecule has 2 atom stereocenters. The fourth-order valence-electron chi connectivity index (χ4n) is 3.73. The Morgan fingerprint density at radius 3 is 2.93 bits per heavy atom. The number of nitrogens with two attached hydrogens (primary N) is 1. The van der Waals surface area contributed by atoms with E-state index in [1.54, 1.807) is 12.3 Å². The Morgan fingerprint density at radius 1 is 1.28 bits per heavy atom. The third-order valence-electron chi connectivity index (χ3n) is 5.38. The molecule has 0 saturated carbocycles. The number of carbonyl (C=O) groups is 2. The van der Waals surface area contributed by atoms with Gasteiger partial charge in [-0.25, -0.2) is 15.0 Å². The Kier molecular flexibility index (Phi) is 5.11. The lowest BCUT2D eigenvalue weighted by atomic mass is 9.91. The fourth-order valence-corrected chi connectivity index (χ4v) is 3.73. The zero-order valence-electron chi connectivity index (χ0n) is 16.1. The largest absolute Gasteiger partial charge is 0.382 e. The Balaban J connectivity index is 1.42. The van der Waals surface area contributed by atoms with Crippen molar-refractivity contribution >= 4 is 28.7 Å². The predicted molar refractivity (Wildman–Crippen MR) is 108 cm³/mol. The third-order valence-corrected chi connectivity index (χ3v) is 5.38. The molecule has 9 nitrogen and oxygen atoms in total. The quantitative estimate of drug-likeness (QED) is 0.617. The Bertz CT molecular complexity index is 1050. The molecule has 2 amide bonds. The van der Waals surface area contributed by atoms with E-state index in [0.717, 1.165) is 23.9 Å². The second kappa shape index (κ2) is 7.86. The highest BCUT2D eigenvalue weighted by molar-refractivity contribution is 5.96. The van der Waals surface area contributed by atoms with Gasteiger partial charge >= 0.3 is 0 Å². The lowest BCUT2D eigenvalue weighted by Crippen LogP contribution is -2.48. The molecule has 1 aliphatic heterocycles. The smallest absolute Gasteiger partial charge is 0.273 e. The molecule has 4 rings (SSSR count). The van der Waals surface area contributed by atoms with E-state index in [1.165, 1.54) is 12.4 Å². The first-order chi connectivity index (χ1) is 14.0. The number of aromatic nitrogens is 4. The first-order valence-corrected chi connectivity index (χ1v) is 9.63. The lowest BCUT2D eigenvalue weighted by Gasteiger charge is -2.35. The van der Waals surface area contributed by atoms with E-state index in [9.17, 15) is 9.59 Å². The van der Waals surface area contributed by atoms with Crippen molar-refractivity contribution < 1.29 is 9.59 Å². The van der Waals surface area contributed by atoms with Crippen molar-refractivity contribution in [3.8, 4) is 0 Å². The van der Waals surface area contributed by atoms with Crippen LogP contribution in [0, 0.1) is 5.92 Å². The van der Waals surface area contributed by atoms with Crippen LogP contribution in [0.5, 0.6) is 0 Å². The van der Waals surface area contributed by atoms with Crippen LogP contribution in [0.4, 0.5) is 5.82 Å². The summed E-state index contributed by atoms with van der Waals surface area (Å²) in [5.74, 6) is -0.213. The van der Waals surface area contributed by atoms with Gasteiger partial charge in [-0.15, -0.1) is 0 Å². The number of aromatic amines is 1. The number of rotatable bonds is 4. The molecule has 0 radical (unpaired) electrons. The molecule has 2 unspecified atom stereocenters. The van der Waals surface area contributed by atoms with Crippen molar-refractivity contribution in [1.29, 1.82) is 0 Å². The van der Waals surface area contributed by atoms with Gasteiger partial charge < -0.3 is 20.9 Å². The van der Waals surface area contributed by atoms with E-state index in [-0.39, 0.29) is 35.3 Å². The van der Waals surface area contributed by atoms with Crippen LogP contribution in [0.3, 0.4) is 0 Å². The van der Waals surface area contributed by atoms with Gasteiger partial charge in [0.1, 0.15) is 5.69 Å². The van der Waals surface area contributed by atoms with E-state index in [4.69, 9.17) is 5.73 Å². The molecule has 150 valence electrons. The summed E-state index contributed by atoms with van der Waals surface area (Å²) in [6, 6.07) is 5.32. The van der Waals surface area contributed by atoms with Crippen molar-refractivity contribution in [1.82, 2.24) is 30.2 Å². The second-order valence-corrected chi connectivity index (χ2v) is 7.31. The zero-order valence-corrected chi connectivity index (χ0v) is 16.1. The molecule has 9 heteroatoms. The number of hydrogen-bond acceptors (Lipinski definition) is 6. The number of piperidine rings is 1. The molecule has 1 saturated heterocycles. The highest BCUT2D eigenvalue weighted by Gasteiger charge is 2.30. The molecule has 3 aromatic heterocycles. The van der Waals surface area contributed by atoms with Crippen LogP contribution in [-0.2, 0) is 0 Å². The van der Waals surface area contributed by atoms with Gasteiger partial charge in [-0.3, -0.25) is 9.59 Å². The van der Waals surface area contributed by atoms with Gasteiger partial charge in [0, 0.05) is 37.7 Å². The van der Waals surface area contributed by atoms with Crippen molar-refractivity contribution in [3.05, 3.63) is 48.2 Å². The highest BCUT2D eigenvalue weighted by atomic mass is 16.2. The number of likely N-dealkylation sites (tertiary alicyclic amines) is 1. The van der Waals surface area contributed by atoms with Crippen molar-refractivity contribution in [3.63, 3.8) is 0 Å². The van der Waals surface area contributed by atoms with E-state index in [1.807, 2.05) is 24.0 Å². The molecule has 29 heavy (non-hydrogen) atoms. The molecule has 4 N–H and O–H groups in total. The van der Waals surface area contributed by atoms with Crippen molar-refractivity contribution in [2.24, 2.45) is 5.92 Å². The maximum Gasteiger partial charge on any atom is 0.273 e. The summed E-state index contributed by atoms with van der Waals surface area (Å²) in [4.78, 5) is 42.7. The topological polar surface area (TPSA) is 130 Å². The molecular formula is C20H23N7O2. The summed E-state index contributed by atoms with van der Waals surface area (Å²) in [7, 11) is 0. The number of amides is 2. The fraction of sp³-hybridized carbons (Fsp3) is 0.350. The minimum Gasteiger partial charge on any atom is -0.382 e. The van der Waals surface area contributed by atoms with Gasteiger partial charge in [-0.2, -0.15) is 0 Å². The summed E-state index contributed by atoms with van der Waals surface area (Å²) in [5, 5.41) is 2.95. The predicted octanol–water partition coefficient (Wildman–Crippen LogP) is 1.61. The Labute approximate surface area is 167 Å². The average molecular weight is 393 g/mol. The average Bonchev–Trinajstić information content (AvgIpc) is 3.21. The molecule has 0 aliphatic carbocycles. The summed E-state index contributed by atoms with van der Waals surface area (Å²) >= 11 is 0. The van der Waals surface area contributed by atoms with Crippen LogP contribution >= 0.6 is 0 Å². The number of fused-ring (bicyclic) bond motifs is 1. The van der Waals surface area contributed by atoms with Crippen LogP contribution in [-0.4, -0.2) is 55.8 Å². The SMILES string of the molecule is CC(NC(=O)c1nccnc1N)C1CCCN(C(=O)c2ccc3[nH]ccc3n2)C1. The first kappa shape index (κ1) is 18.9. The van der Waals surface area contributed by atoms with E-state index in [2.05, 4.69) is 25.3 Å². The first-order valence-electron chi connectivity index (χ1n) is 9.63. The maximum absolute atomic E-state index is 13.0. The molecule has 1 fully saturated rings. The van der Waals surface area contributed by atoms with Gasteiger partial charge in [-0.1, -0.05) is 0 Å². The number of H-pyrrole nitrogens is 1. The third kappa shape index (κ3) is 3.89. The molecule has 1 aliphatic rings. The lowest BCUT2D eigenvalue weighted by molar-refractivity contribution is 0.0639. The minimum atomic E-state index is -0.355. The van der Waals surface area contributed by atoms with E-state index in [0.29, 0.717) is 18.8 Å². The Morgan fingerprint density at radius 2 is 2.10 bits per heavy atom. The summed E-state index contributed by atoms with van der Waals surface area (Å²) < 4.78 is 0. The van der Waals surface area contributed by atoms with Gasteiger partial charge in [0.25, 0.3) is 11.8 Å². The number of nitrogens with one attached hydrogen (secondary N) is 2. The maximum atomic E-state index is 13.0. The van der Waals surface area contributed by atoms with Gasteiger partial charge in [-0.05, 0) is 43.9 Å². The zero-order chi connectivity index (χ0) is 20.4. The number of carbonyl (C=O) groups excluding carboxylic acids is 2. The molecule has 4 heterocycles. The standard InChI is InChI=1S/C20H23N7O2/c1-12(25-19(28)17-18(21)24-9-8-23-17)13-3-2-10-27(11-13)20(29)16-5-4-14-15(26-16)6-7-22-14/h4-9,12-13,22H,2-3,10-11H2,1H3,(H2,21,24)(H,25,28). The minimum absolute atomic E-state index is 0.0884. The number of pyridine rings is 1. The number of hydrogen-bond donors (Lipinski definition) is 3. The number of nitrogen functional groups attached to an aromatic ring is 1. The monoisotopic (exact) mass is 393 g/mol. The van der Waals surface area contributed by atoms with Crippen molar-refractivity contribution in [2.75, 3.05) is 18.8 Å². The number of anilines is 1. The Hall–Kier alpha value is -3.49. The van der Waals surface area contributed by atoms with E-state index < -0.39 is 0 Å². The summed E-state index contributed by atoms with van der Waals surface area (Å²) in [5.41, 5.74) is 7.96. The molecule has 3 aromatic rings. The van der Waals surface area contributed by atoms with Crippen LogP contribution in [0.2, 0.25) is 0 Å². The molecular weight excluding hydrogens is 370 g/mol. The summed E-state index contributed by atoms with van der Waals surface area (Å²) in [6.45, 7) is 3.18. The van der Waals surface area contributed by atoms with Crippen LogP contribution in [0.1, 0.15) is 40.7 Å². The molecule has 0 bridgehead atoms. The molecule has 0 spiro atoms. The van der Waals surface area contributed by atoms with E-state index >= 15 is 0 Å². The molecule has 0 aromatic carbocycles. The van der Waals surface area contributed by atoms with Crippen LogP contribution in [0.15, 0.2) is 36.8 Å². The van der Waals surface area contributed by atoms with Crippen molar-refractivity contribution in [2.45, 2.75) is 25.8 Å². The summed E-state index contributed by atoms with van der Waals surface area (Å²) in [6.07, 6.45) is 6.48.